The van der Waals surface area contributed by atoms with Gasteiger partial charge in [0.15, 0.2) is 0 Å². The van der Waals surface area contributed by atoms with Crippen molar-refractivity contribution in [1.29, 1.82) is 0 Å². The zero-order chi connectivity index (χ0) is 14.8. The van der Waals surface area contributed by atoms with Gasteiger partial charge in [-0.15, -0.1) is 0 Å². The molecule has 0 bridgehead atoms. The molecule has 0 unspecified atom stereocenters. The number of hydrogen-bond acceptors (Lipinski definition) is 2. The molecule has 4 heteroatoms. The van der Waals surface area contributed by atoms with Gasteiger partial charge in [0, 0.05) is 15.6 Å². The number of nitrogens with zero attached hydrogens (tertiary/aromatic N) is 1. The number of benzene rings is 2. The van der Waals surface area contributed by atoms with Gasteiger partial charge in [0.05, 0.1) is 16.8 Å². The topological polar surface area (TPSA) is 42.0 Å². The van der Waals surface area contributed by atoms with Gasteiger partial charge in [0.2, 0.25) is 0 Å². The third-order valence-electron chi connectivity index (χ3n) is 3.21. The number of rotatable bonds is 2. The van der Waals surface area contributed by atoms with E-state index < -0.39 is 0 Å². The van der Waals surface area contributed by atoms with Crippen molar-refractivity contribution in [2.75, 3.05) is 5.32 Å². The zero-order valence-corrected chi connectivity index (χ0v) is 13.0. The number of anilines is 1. The maximum absolute atomic E-state index is 12.4. The smallest absolute Gasteiger partial charge is 0.256 e. The Hall–Kier alpha value is -2.20. The molecule has 0 fully saturated rings. The summed E-state index contributed by atoms with van der Waals surface area (Å²) >= 11 is 3.40. The molecule has 0 aliphatic heterocycles. The highest BCUT2D eigenvalue weighted by Crippen LogP contribution is 2.24. The van der Waals surface area contributed by atoms with Gasteiger partial charge >= 0.3 is 0 Å². The van der Waals surface area contributed by atoms with Crippen LogP contribution in [0.5, 0.6) is 0 Å². The van der Waals surface area contributed by atoms with Crippen molar-refractivity contribution in [3.05, 3.63) is 70.3 Å². The second-order valence-electron chi connectivity index (χ2n) is 4.76. The van der Waals surface area contributed by atoms with E-state index >= 15 is 0 Å². The summed E-state index contributed by atoms with van der Waals surface area (Å²) in [4.78, 5) is 16.9. The number of aromatic nitrogens is 1. The minimum atomic E-state index is -0.141. The van der Waals surface area contributed by atoms with Crippen molar-refractivity contribution in [1.82, 2.24) is 4.98 Å². The predicted molar refractivity (Wildman–Crippen MR) is 88.6 cm³/mol. The average molecular weight is 341 g/mol. The van der Waals surface area contributed by atoms with Gasteiger partial charge < -0.3 is 5.32 Å². The molecule has 3 rings (SSSR count). The van der Waals surface area contributed by atoms with Crippen LogP contribution < -0.4 is 5.32 Å². The molecule has 1 N–H and O–H groups in total. The molecule has 0 spiro atoms. The van der Waals surface area contributed by atoms with Crippen molar-refractivity contribution in [3.63, 3.8) is 0 Å². The van der Waals surface area contributed by atoms with Gasteiger partial charge in [-0.1, -0.05) is 30.3 Å². The molecule has 0 aliphatic rings. The Morgan fingerprint density at radius 1 is 1.10 bits per heavy atom. The number of carbonyl (C=O) groups excluding carboxylic acids is 1. The fourth-order valence-corrected chi connectivity index (χ4v) is 2.71. The molecule has 1 aromatic heterocycles. The highest BCUT2D eigenvalue weighted by molar-refractivity contribution is 9.10. The first-order valence-corrected chi connectivity index (χ1v) is 7.37. The number of fused-ring (bicyclic) bond motifs is 1. The summed E-state index contributed by atoms with van der Waals surface area (Å²) in [6.45, 7) is 1.92. The second-order valence-corrected chi connectivity index (χ2v) is 5.62. The highest BCUT2D eigenvalue weighted by atomic mass is 79.9. The van der Waals surface area contributed by atoms with Gasteiger partial charge in [0.1, 0.15) is 0 Å². The number of pyridine rings is 1. The van der Waals surface area contributed by atoms with Crippen LogP contribution in [0.2, 0.25) is 0 Å². The Labute approximate surface area is 131 Å². The van der Waals surface area contributed by atoms with E-state index in [2.05, 4.69) is 26.2 Å². The number of amides is 1. The van der Waals surface area contributed by atoms with Crippen molar-refractivity contribution >= 4 is 38.4 Å². The summed E-state index contributed by atoms with van der Waals surface area (Å²) < 4.78 is 0.776. The summed E-state index contributed by atoms with van der Waals surface area (Å²) in [5.74, 6) is -0.141. The Balaban J connectivity index is 2.02. The van der Waals surface area contributed by atoms with E-state index in [-0.39, 0.29) is 5.91 Å². The molecule has 0 saturated heterocycles. The van der Waals surface area contributed by atoms with Crippen LogP contribution in [0.4, 0.5) is 5.69 Å². The Morgan fingerprint density at radius 2 is 1.81 bits per heavy atom. The van der Waals surface area contributed by atoms with E-state index in [1.54, 1.807) is 6.07 Å². The van der Waals surface area contributed by atoms with Crippen LogP contribution in [0.15, 0.2) is 59.1 Å². The van der Waals surface area contributed by atoms with Crippen LogP contribution in [0.3, 0.4) is 0 Å². The number of halogens is 1. The summed E-state index contributed by atoms with van der Waals surface area (Å²) in [5, 5.41) is 3.91. The van der Waals surface area contributed by atoms with Gasteiger partial charge in [-0.05, 0) is 47.1 Å². The lowest BCUT2D eigenvalue weighted by Gasteiger charge is -2.10. The van der Waals surface area contributed by atoms with Gasteiger partial charge in [-0.2, -0.15) is 0 Å². The van der Waals surface area contributed by atoms with Crippen LogP contribution in [-0.2, 0) is 0 Å². The molecular weight excluding hydrogens is 328 g/mol. The van der Waals surface area contributed by atoms with Crippen molar-refractivity contribution < 1.29 is 4.79 Å². The zero-order valence-electron chi connectivity index (χ0n) is 11.4. The molecule has 21 heavy (non-hydrogen) atoms. The lowest BCUT2D eigenvalue weighted by atomic mass is 10.1. The van der Waals surface area contributed by atoms with Crippen molar-refractivity contribution in [2.24, 2.45) is 0 Å². The highest BCUT2D eigenvalue weighted by Gasteiger charge is 2.11. The van der Waals surface area contributed by atoms with Crippen LogP contribution in [0.1, 0.15) is 16.1 Å². The summed E-state index contributed by atoms with van der Waals surface area (Å²) in [6.07, 6.45) is 0. The average Bonchev–Trinajstić information content (AvgIpc) is 2.47. The first-order valence-electron chi connectivity index (χ1n) is 6.57. The molecule has 0 aliphatic carbocycles. The first-order chi connectivity index (χ1) is 10.1. The standard InChI is InChI=1S/C17H13BrN2O/c1-11-10-16(13-7-3-5-9-15(13)19-11)20-17(21)12-6-2-4-8-14(12)18/h2-10H,1H3,(H,19,20,21). The Kier molecular flexibility index (Phi) is 3.71. The molecule has 0 saturated carbocycles. The number of para-hydroxylation sites is 1. The molecule has 1 heterocycles. The first kappa shape index (κ1) is 13.8. The molecule has 2 aromatic carbocycles. The van der Waals surface area contributed by atoms with E-state index in [1.165, 1.54) is 0 Å². The molecule has 3 aromatic rings. The van der Waals surface area contributed by atoms with Crippen molar-refractivity contribution in [3.8, 4) is 0 Å². The lowest BCUT2D eigenvalue weighted by Crippen LogP contribution is -2.13. The van der Waals surface area contributed by atoms with Gasteiger partial charge in [0.25, 0.3) is 5.91 Å². The third kappa shape index (κ3) is 2.81. The van der Waals surface area contributed by atoms with Crippen LogP contribution in [0, 0.1) is 6.92 Å². The molecule has 0 atom stereocenters. The Morgan fingerprint density at radius 3 is 2.62 bits per heavy atom. The molecule has 1 amide bonds. The molecule has 0 radical (unpaired) electrons. The van der Waals surface area contributed by atoms with E-state index in [0.717, 1.165) is 26.8 Å². The second kappa shape index (κ2) is 5.66. The molecule has 3 nitrogen and oxygen atoms in total. The summed E-state index contributed by atoms with van der Waals surface area (Å²) in [5.41, 5.74) is 3.13. The van der Waals surface area contributed by atoms with Crippen LogP contribution >= 0.6 is 15.9 Å². The van der Waals surface area contributed by atoms with E-state index in [0.29, 0.717) is 5.56 Å². The number of aryl methyl sites for hydroxylation is 1. The minimum absolute atomic E-state index is 0.141. The maximum atomic E-state index is 12.4. The predicted octanol–water partition coefficient (Wildman–Crippen LogP) is 4.56. The maximum Gasteiger partial charge on any atom is 0.256 e. The largest absolute Gasteiger partial charge is 0.321 e. The van der Waals surface area contributed by atoms with E-state index in [4.69, 9.17) is 0 Å². The van der Waals surface area contributed by atoms with E-state index in [9.17, 15) is 4.79 Å². The lowest BCUT2D eigenvalue weighted by molar-refractivity contribution is 0.102. The normalized spacial score (nSPS) is 10.6. The van der Waals surface area contributed by atoms with Crippen LogP contribution in [0.25, 0.3) is 10.9 Å². The fourth-order valence-electron chi connectivity index (χ4n) is 2.25. The number of nitrogens with one attached hydrogen (secondary N) is 1. The fraction of sp³-hybridized carbons (Fsp3) is 0.0588. The van der Waals surface area contributed by atoms with Crippen molar-refractivity contribution in [2.45, 2.75) is 6.92 Å². The monoisotopic (exact) mass is 340 g/mol. The SMILES string of the molecule is Cc1cc(NC(=O)c2ccccc2Br)c2ccccc2n1. The summed E-state index contributed by atoms with van der Waals surface area (Å²) in [6, 6.07) is 17.0. The minimum Gasteiger partial charge on any atom is -0.321 e. The van der Waals surface area contributed by atoms with Gasteiger partial charge in [-0.3, -0.25) is 9.78 Å². The van der Waals surface area contributed by atoms with Gasteiger partial charge in [-0.25, -0.2) is 0 Å². The van der Waals surface area contributed by atoms with Crippen LogP contribution in [-0.4, -0.2) is 10.9 Å². The third-order valence-corrected chi connectivity index (χ3v) is 3.90. The molecule has 104 valence electrons. The Bertz CT molecular complexity index is 830. The number of carbonyl (C=O) groups is 1. The number of hydrogen-bond donors (Lipinski definition) is 1. The quantitative estimate of drug-likeness (QED) is 0.743. The van der Waals surface area contributed by atoms with E-state index in [1.807, 2.05) is 55.5 Å². The summed E-state index contributed by atoms with van der Waals surface area (Å²) in [7, 11) is 0. The molecular formula is C17H13BrN2O.